The summed E-state index contributed by atoms with van der Waals surface area (Å²) in [6.45, 7) is 5.47. The van der Waals surface area contributed by atoms with Gasteiger partial charge in [0.1, 0.15) is 12.1 Å². The van der Waals surface area contributed by atoms with Crippen LogP contribution in [-0.2, 0) is 13.5 Å². The molecule has 0 amide bonds. The first kappa shape index (κ1) is 22.6. The summed E-state index contributed by atoms with van der Waals surface area (Å²) >= 11 is 6.37. The van der Waals surface area contributed by atoms with Gasteiger partial charge in [-0.05, 0) is 72.7 Å². The van der Waals surface area contributed by atoms with Crippen LogP contribution in [-0.4, -0.2) is 48.9 Å². The van der Waals surface area contributed by atoms with Crippen LogP contribution >= 0.6 is 11.6 Å². The highest BCUT2D eigenvalue weighted by molar-refractivity contribution is 6.35. The lowest BCUT2D eigenvalue weighted by Gasteiger charge is -2.60. The fraction of sp³-hybridized carbons (Fsp3) is 0.462. The molecule has 1 aliphatic carbocycles. The van der Waals surface area contributed by atoms with Crippen molar-refractivity contribution in [3.05, 3.63) is 69.2 Å². The van der Waals surface area contributed by atoms with Crippen molar-refractivity contribution in [1.29, 1.82) is 0 Å². The van der Waals surface area contributed by atoms with Crippen LogP contribution in [0, 0.1) is 17.2 Å². The molecule has 182 valence electrons. The van der Waals surface area contributed by atoms with Crippen molar-refractivity contribution in [3.8, 4) is 0 Å². The van der Waals surface area contributed by atoms with Crippen LogP contribution in [0.15, 0.2) is 41.7 Å². The second-order valence-corrected chi connectivity index (χ2v) is 10.9. The van der Waals surface area contributed by atoms with Gasteiger partial charge in [0.2, 0.25) is 0 Å². The van der Waals surface area contributed by atoms with Crippen molar-refractivity contribution in [1.82, 2.24) is 29.3 Å². The summed E-state index contributed by atoms with van der Waals surface area (Å²) in [7, 11) is 1.65. The second-order valence-electron chi connectivity index (χ2n) is 10.5. The standard InChI is InChI=1S/C26H28ClFN6O/c1-16(19-5-6-21(27)24-20(19)11-30-32(2)25(24)35)18-9-26(10-18)13-33(14-26)7-3-4-17-8-23-31-29-15-34(23)12-22(17)28/h5-6,8,11-12,15-16,18H,3-4,7,9-10,13-14H2,1-2H3/t16-/m0/s1. The molecule has 0 radical (unpaired) electrons. The summed E-state index contributed by atoms with van der Waals surface area (Å²) in [5.41, 5.74) is 2.82. The van der Waals surface area contributed by atoms with Gasteiger partial charge in [0, 0.05) is 31.7 Å². The van der Waals surface area contributed by atoms with Gasteiger partial charge in [-0.15, -0.1) is 10.2 Å². The highest BCUT2D eigenvalue weighted by Gasteiger charge is 2.53. The minimum Gasteiger partial charge on any atom is -0.302 e. The molecule has 0 unspecified atom stereocenters. The van der Waals surface area contributed by atoms with E-state index >= 15 is 0 Å². The van der Waals surface area contributed by atoms with Gasteiger partial charge in [-0.1, -0.05) is 24.6 Å². The number of rotatable bonds is 6. The van der Waals surface area contributed by atoms with Gasteiger partial charge in [0.05, 0.1) is 16.6 Å². The van der Waals surface area contributed by atoms with Gasteiger partial charge in [-0.2, -0.15) is 5.10 Å². The number of benzene rings is 1. The van der Waals surface area contributed by atoms with E-state index in [1.807, 2.05) is 6.07 Å². The lowest BCUT2D eigenvalue weighted by Crippen LogP contribution is -2.62. The third kappa shape index (κ3) is 3.83. The average molecular weight is 495 g/mol. The van der Waals surface area contributed by atoms with E-state index in [2.05, 4.69) is 33.2 Å². The minimum absolute atomic E-state index is 0.150. The Kier molecular flexibility index (Phi) is 5.41. The van der Waals surface area contributed by atoms with E-state index in [1.54, 1.807) is 23.7 Å². The first-order valence-corrected chi connectivity index (χ1v) is 12.6. The van der Waals surface area contributed by atoms with E-state index in [0.717, 1.165) is 37.0 Å². The smallest absolute Gasteiger partial charge is 0.275 e. The summed E-state index contributed by atoms with van der Waals surface area (Å²) in [5.74, 6) is 0.740. The normalized spacial score (nSPS) is 18.7. The third-order valence-electron chi connectivity index (χ3n) is 8.19. The monoisotopic (exact) mass is 494 g/mol. The highest BCUT2D eigenvalue weighted by Crippen LogP contribution is 2.56. The molecule has 7 nitrogen and oxygen atoms in total. The van der Waals surface area contributed by atoms with Crippen LogP contribution in [0.25, 0.3) is 16.4 Å². The average Bonchev–Trinajstić information content (AvgIpc) is 3.23. The molecular formula is C26H28ClFN6O. The number of hydrogen-bond donors (Lipinski definition) is 0. The number of likely N-dealkylation sites (tertiary alicyclic amines) is 1. The number of hydrogen-bond acceptors (Lipinski definition) is 5. The molecule has 9 heteroatoms. The van der Waals surface area contributed by atoms with Crippen molar-refractivity contribution < 1.29 is 4.39 Å². The maximum atomic E-state index is 14.3. The third-order valence-corrected chi connectivity index (χ3v) is 8.50. The Balaban J connectivity index is 1.04. The molecular weight excluding hydrogens is 467 g/mol. The van der Waals surface area contributed by atoms with E-state index in [9.17, 15) is 9.18 Å². The summed E-state index contributed by atoms with van der Waals surface area (Å²) in [5, 5.41) is 14.0. The van der Waals surface area contributed by atoms with Gasteiger partial charge in [0.15, 0.2) is 5.65 Å². The van der Waals surface area contributed by atoms with E-state index < -0.39 is 0 Å². The van der Waals surface area contributed by atoms with Gasteiger partial charge in [-0.3, -0.25) is 9.20 Å². The van der Waals surface area contributed by atoms with E-state index in [4.69, 9.17) is 11.6 Å². The topological polar surface area (TPSA) is 68.3 Å². The molecule has 4 heterocycles. The fourth-order valence-electron chi connectivity index (χ4n) is 6.27. The molecule has 4 aromatic rings. The van der Waals surface area contributed by atoms with Crippen molar-refractivity contribution in [2.24, 2.45) is 18.4 Å². The molecule has 6 rings (SSSR count). The van der Waals surface area contributed by atoms with Crippen LogP contribution in [0.4, 0.5) is 4.39 Å². The number of nitrogens with zero attached hydrogens (tertiary/aromatic N) is 6. The van der Waals surface area contributed by atoms with Crippen molar-refractivity contribution in [2.45, 2.75) is 38.5 Å². The van der Waals surface area contributed by atoms with E-state index in [-0.39, 0.29) is 11.4 Å². The van der Waals surface area contributed by atoms with Gasteiger partial charge in [0.25, 0.3) is 5.56 Å². The molecule has 1 atom stereocenters. The van der Waals surface area contributed by atoms with Crippen LogP contribution < -0.4 is 5.56 Å². The van der Waals surface area contributed by atoms with Crippen molar-refractivity contribution >= 4 is 28.0 Å². The second kappa shape index (κ2) is 8.38. The van der Waals surface area contributed by atoms with Crippen LogP contribution in [0.5, 0.6) is 0 Å². The van der Waals surface area contributed by atoms with Crippen molar-refractivity contribution in [2.75, 3.05) is 19.6 Å². The molecule has 0 N–H and O–H groups in total. The highest BCUT2D eigenvalue weighted by atomic mass is 35.5. The molecule has 1 spiro atoms. The molecule has 1 saturated carbocycles. The molecule has 1 saturated heterocycles. The van der Waals surface area contributed by atoms with Gasteiger partial charge < -0.3 is 4.90 Å². The zero-order chi connectivity index (χ0) is 24.3. The molecule has 2 fully saturated rings. The van der Waals surface area contributed by atoms with Crippen LogP contribution in [0.1, 0.15) is 43.2 Å². The number of aryl methyl sites for hydroxylation is 2. The van der Waals surface area contributed by atoms with Gasteiger partial charge in [-0.25, -0.2) is 9.07 Å². The number of pyridine rings is 1. The number of halogens is 2. The maximum Gasteiger partial charge on any atom is 0.275 e. The predicted octanol–water partition coefficient (Wildman–Crippen LogP) is 4.22. The molecule has 2 aliphatic rings. The molecule has 0 bridgehead atoms. The number of aromatic nitrogens is 5. The van der Waals surface area contributed by atoms with E-state index in [1.165, 1.54) is 30.0 Å². The quantitative estimate of drug-likeness (QED) is 0.401. The van der Waals surface area contributed by atoms with Crippen LogP contribution in [0.3, 0.4) is 0 Å². The Bertz CT molecular complexity index is 1480. The van der Waals surface area contributed by atoms with Crippen molar-refractivity contribution in [3.63, 3.8) is 0 Å². The summed E-state index contributed by atoms with van der Waals surface area (Å²) < 4.78 is 17.2. The van der Waals surface area contributed by atoms with Gasteiger partial charge >= 0.3 is 0 Å². The Morgan fingerprint density at radius 2 is 2.09 bits per heavy atom. The first-order chi connectivity index (χ1) is 16.8. The zero-order valence-corrected chi connectivity index (χ0v) is 20.7. The molecule has 1 aliphatic heterocycles. The Hall–Kier alpha value is -2.84. The Labute approximate surface area is 207 Å². The van der Waals surface area contributed by atoms with E-state index in [0.29, 0.717) is 45.3 Å². The Morgan fingerprint density at radius 1 is 1.29 bits per heavy atom. The molecule has 1 aromatic carbocycles. The maximum absolute atomic E-state index is 14.3. The summed E-state index contributed by atoms with van der Waals surface area (Å²) in [6.07, 6.45) is 8.78. The Morgan fingerprint density at radius 3 is 2.89 bits per heavy atom. The summed E-state index contributed by atoms with van der Waals surface area (Å²) in [4.78, 5) is 15.1. The fourth-order valence-corrected chi connectivity index (χ4v) is 6.51. The largest absolute Gasteiger partial charge is 0.302 e. The SMILES string of the molecule is C[C@H](c1ccc(Cl)c2c(=O)n(C)ncc12)C1CC2(C1)CN(CCCc1cc3nncn3cc1F)C2. The lowest BCUT2D eigenvalue weighted by molar-refractivity contribution is -0.0994. The van der Waals surface area contributed by atoms with Crippen LogP contribution in [0.2, 0.25) is 5.02 Å². The zero-order valence-electron chi connectivity index (χ0n) is 19.9. The predicted molar refractivity (Wildman–Crippen MR) is 133 cm³/mol. The lowest BCUT2D eigenvalue weighted by atomic mass is 9.54. The number of fused-ring (bicyclic) bond motifs is 2. The molecule has 35 heavy (non-hydrogen) atoms. The minimum atomic E-state index is -0.198. The molecule has 3 aromatic heterocycles. The first-order valence-electron chi connectivity index (χ1n) is 12.2. The summed E-state index contributed by atoms with van der Waals surface area (Å²) in [6, 6.07) is 5.70.